The minimum Gasteiger partial charge on any atom is -0.472 e. The molecule has 2 heterocycles. The van der Waals surface area contributed by atoms with Crippen LogP contribution in [0.3, 0.4) is 0 Å². The number of anilines is 2. The summed E-state index contributed by atoms with van der Waals surface area (Å²) < 4.78 is 5.09. The topological polar surface area (TPSA) is 55.3 Å². The summed E-state index contributed by atoms with van der Waals surface area (Å²) in [5.41, 5.74) is 9.17. The Morgan fingerprint density at radius 2 is 2.16 bits per heavy atom. The lowest BCUT2D eigenvalue weighted by Crippen LogP contribution is -2.17. The lowest BCUT2D eigenvalue weighted by atomic mass is 10.1. The van der Waals surface area contributed by atoms with Crippen LogP contribution in [-0.2, 0) is 6.54 Å². The molecule has 0 amide bonds. The second kappa shape index (κ2) is 4.65. The second-order valence-electron chi connectivity index (χ2n) is 4.58. The van der Waals surface area contributed by atoms with Gasteiger partial charge in [0.05, 0.1) is 23.9 Å². The third-order valence-electron chi connectivity index (χ3n) is 3.25. The molecule has 0 unspecified atom stereocenters. The summed E-state index contributed by atoms with van der Waals surface area (Å²) in [5, 5.41) is 2.09. The first kappa shape index (κ1) is 11.6. The van der Waals surface area contributed by atoms with E-state index in [1.807, 2.05) is 37.5 Å². The highest BCUT2D eigenvalue weighted by Gasteiger charge is 2.09. The second-order valence-corrected chi connectivity index (χ2v) is 4.58. The summed E-state index contributed by atoms with van der Waals surface area (Å²) in [6, 6.07) is 7.97. The van der Waals surface area contributed by atoms with Gasteiger partial charge in [0.15, 0.2) is 0 Å². The van der Waals surface area contributed by atoms with Gasteiger partial charge in [-0.25, -0.2) is 0 Å². The van der Waals surface area contributed by atoms with Crippen molar-refractivity contribution < 1.29 is 4.42 Å². The zero-order valence-electron chi connectivity index (χ0n) is 10.7. The Labute approximate surface area is 111 Å². The quantitative estimate of drug-likeness (QED) is 0.729. The number of nitrogen functional groups attached to an aromatic ring is 1. The van der Waals surface area contributed by atoms with Crippen LogP contribution in [0.5, 0.6) is 0 Å². The Morgan fingerprint density at radius 1 is 1.26 bits per heavy atom. The van der Waals surface area contributed by atoms with Crippen LogP contribution in [0.4, 0.5) is 11.4 Å². The van der Waals surface area contributed by atoms with Gasteiger partial charge in [0.1, 0.15) is 0 Å². The normalized spacial score (nSPS) is 10.8. The number of pyridine rings is 1. The summed E-state index contributed by atoms with van der Waals surface area (Å²) >= 11 is 0. The lowest BCUT2D eigenvalue weighted by molar-refractivity contribution is 0.563. The molecule has 0 bridgehead atoms. The van der Waals surface area contributed by atoms with E-state index in [2.05, 4.69) is 9.88 Å². The number of benzene rings is 1. The average molecular weight is 253 g/mol. The van der Waals surface area contributed by atoms with Gasteiger partial charge in [-0.15, -0.1) is 0 Å². The Bertz CT molecular complexity index is 692. The molecule has 2 aromatic heterocycles. The van der Waals surface area contributed by atoms with E-state index in [0.717, 1.165) is 34.3 Å². The minimum atomic E-state index is 0.761. The van der Waals surface area contributed by atoms with Crippen molar-refractivity contribution in [2.45, 2.75) is 6.54 Å². The molecule has 1 aromatic carbocycles. The van der Waals surface area contributed by atoms with Crippen LogP contribution >= 0.6 is 0 Å². The van der Waals surface area contributed by atoms with E-state index in [0.29, 0.717) is 0 Å². The smallest absolute Gasteiger partial charge is 0.0952 e. The first-order valence-electron chi connectivity index (χ1n) is 6.10. The maximum absolute atomic E-state index is 6.26. The van der Waals surface area contributed by atoms with Crippen molar-refractivity contribution in [3.63, 3.8) is 0 Å². The van der Waals surface area contributed by atoms with Crippen molar-refractivity contribution in [2.75, 3.05) is 17.7 Å². The molecule has 0 atom stereocenters. The van der Waals surface area contributed by atoms with E-state index >= 15 is 0 Å². The monoisotopic (exact) mass is 253 g/mol. The summed E-state index contributed by atoms with van der Waals surface area (Å²) in [4.78, 5) is 6.22. The van der Waals surface area contributed by atoms with Gasteiger partial charge in [-0.1, -0.05) is 6.07 Å². The van der Waals surface area contributed by atoms with Crippen LogP contribution in [0.2, 0.25) is 0 Å². The highest BCUT2D eigenvalue weighted by molar-refractivity contribution is 5.98. The molecule has 0 spiro atoms. The molecule has 0 saturated carbocycles. The first-order chi connectivity index (χ1) is 9.25. The van der Waals surface area contributed by atoms with Gasteiger partial charge < -0.3 is 15.1 Å². The third kappa shape index (κ3) is 2.12. The van der Waals surface area contributed by atoms with E-state index in [-0.39, 0.29) is 0 Å². The number of nitrogens with two attached hydrogens (primary N) is 1. The predicted octanol–water partition coefficient (Wildman–Crippen LogP) is 3.05. The van der Waals surface area contributed by atoms with E-state index in [4.69, 9.17) is 10.2 Å². The number of hydrogen-bond donors (Lipinski definition) is 1. The maximum Gasteiger partial charge on any atom is 0.0952 e. The molecule has 0 fully saturated rings. The molecule has 0 radical (unpaired) electrons. The molecule has 3 rings (SSSR count). The van der Waals surface area contributed by atoms with Gasteiger partial charge in [0.2, 0.25) is 0 Å². The number of aromatic nitrogens is 1. The van der Waals surface area contributed by atoms with Crippen molar-refractivity contribution in [1.29, 1.82) is 0 Å². The Morgan fingerprint density at radius 3 is 2.95 bits per heavy atom. The molecule has 19 heavy (non-hydrogen) atoms. The average Bonchev–Trinajstić information content (AvgIpc) is 2.92. The fraction of sp³-hybridized carbons (Fsp3) is 0.133. The Balaban J connectivity index is 1.98. The van der Waals surface area contributed by atoms with Crippen molar-refractivity contribution in [2.24, 2.45) is 0 Å². The molecule has 3 aromatic rings. The largest absolute Gasteiger partial charge is 0.472 e. The van der Waals surface area contributed by atoms with Crippen molar-refractivity contribution in [3.05, 3.63) is 54.7 Å². The molecule has 0 aliphatic heterocycles. The van der Waals surface area contributed by atoms with Crippen LogP contribution < -0.4 is 10.6 Å². The van der Waals surface area contributed by atoms with Crippen LogP contribution in [0.15, 0.2) is 53.6 Å². The Hall–Kier alpha value is -2.49. The fourth-order valence-electron chi connectivity index (χ4n) is 2.26. The molecule has 0 saturated heterocycles. The highest BCUT2D eigenvalue weighted by Crippen LogP contribution is 2.31. The van der Waals surface area contributed by atoms with Gasteiger partial charge in [0.25, 0.3) is 0 Å². The number of nitrogens with zero attached hydrogens (tertiary/aromatic N) is 2. The molecule has 0 aliphatic rings. The van der Waals surface area contributed by atoms with E-state index in [1.54, 1.807) is 18.7 Å². The third-order valence-corrected chi connectivity index (χ3v) is 3.25. The molecular weight excluding hydrogens is 238 g/mol. The fourth-order valence-corrected chi connectivity index (χ4v) is 2.26. The number of hydrogen-bond acceptors (Lipinski definition) is 4. The highest BCUT2D eigenvalue weighted by atomic mass is 16.3. The SMILES string of the molecule is CN(Cc1ccoc1)c1ccc2cnccc2c1N. The zero-order chi connectivity index (χ0) is 13.2. The van der Waals surface area contributed by atoms with Gasteiger partial charge in [-0.2, -0.15) is 0 Å². The molecular formula is C15H15N3O. The van der Waals surface area contributed by atoms with Crippen LogP contribution in [0.1, 0.15) is 5.56 Å². The van der Waals surface area contributed by atoms with Gasteiger partial charge in [-0.3, -0.25) is 4.98 Å². The summed E-state index contributed by atoms with van der Waals surface area (Å²) in [6.45, 7) is 0.761. The van der Waals surface area contributed by atoms with Gasteiger partial charge in [0, 0.05) is 42.3 Å². The van der Waals surface area contributed by atoms with E-state index in [1.165, 1.54) is 0 Å². The lowest BCUT2D eigenvalue weighted by Gasteiger charge is -2.21. The van der Waals surface area contributed by atoms with Crippen molar-refractivity contribution >= 4 is 22.1 Å². The van der Waals surface area contributed by atoms with Crippen LogP contribution in [0.25, 0.3) is 10.8 Å². The minimum absolute atomic E-state index is 0.761. The molecule has 0 aliphatic carbocycles. The summed E-state index contributed by atoms with van der Waals surface area (Å²) in [5.74, 6) is 0. The number of furan rings is 1. The zero-order valence-corrected chi connectivity index (χ0v) is 10.7. The summed E-state index contributed by atoms with van der Waals surface area (Å²) in [7, 11) is 2.02. The van der Waals surface area contributed by atoms with E-state index < -0.39 is 0 Å². The number of rotatable bonds is 3. The van der Waals surface area contributed by atoms with Crippen molar-refractivity contribution in [1.82, 2.24) is 4.98 Å². The predicted molar refractivity (Wildman–Crippen MR) is 77.0 cm³/mol. The standard InChI is InChI=1S/C15H15N3O/c1-18(9-11-5-7-19-10-11)14-3-2-12-8-17-6-4-13(12)15(14)16/h2-8,10H,9,16H2,1H3. The Kier molecular flexibility index (Phi) is 2.83. The number of fused-ring (bicyclic) bond motifs is 1. The first-order valence-corrected chi connectivity index (χ1v) is 6.10. The van der Waals surface area contributed by atoms with Crippen molar-refractivity contribution in [3.8, 4) is 0 Å². The molecule has 4 nitrogen and oxygen atoms in total. The van der Waals surface area contributed by atoms with Gasteiger partial charge in [-0.05, 0) is 18.2 Å². The van der Waals surface area contributed by atoms with E-state index in [9.17, 15) is 0 Å². The van der Waals surface area contributed by atoms with Crippen LogP contribution in [0, 0.1) is 0 Å². The maximum atomic E-state index is 6.26. The molecule has 4 heteroatoms. The summed E-state index contributed by atoms with van der Waals surface area (Å²) in [6.07, 6.45) is 7.01. The van der Waals surface area contributed by atoms with Crippen LogP contribution in [-0.4, -0.2) is 12.0 Å². The molecule has 96 valence electrons. The van der Waals surface area contributed by atoms with Gasteiger partial charge >= 0.3 is 0 Å². The molecule has 2 N–H and O–H groups in total.